The highest BCUT2D eigenvalue weighted by Gasteiger charge is 2.29. The number of amides is 2. The van der Waals surface area contributed by atoms with Crippen LogP contribution in [0.15, 0.2) is 73.1 Å². The third-order valence-corrected chi connectivity index (χ3v) is 6.62. The Balaban J connectivity index is 1.58. The fraction of sp³-hybridized carbons (Fsp3) is 0.167. The van der Waals surface area contributed by atoms with Crippen molar-refractivity contribution in [2.45, 2.75) is 0 Å². The lowest BCUT2D eigenvalue weighted by molar-refractivity contribution is -0.119. The van der Waals surface area contributed by atoms with Crippen LogP contribution in [0.4, 0.5) is 17.1 Å². The first kappa shape index (κ1) is 26.5. The minimum Gasteiger partial charge on any atom is -0.465 e. The van der Waals surface area contributed by atoms with Crippen LogP contribution in [-0.4, -0.2) is 67.7 Å². The van der Waals surface area contributed by atoms with Gasteiger partial charge >= 0.3 is 5.97 Å². The van der Waals surface area contributed by atoms with Crippen LogP contribution < -0.4 is 15.5 Å². The van der Waals surface area contributed by atoms with E-state index in [1.807, 2.05) is 61.5 Å². The number of methoxy groups -OCH3 is 1. The Kier molecular flexibility index (Phi) is 7.26. The number of carbonyl (C=O) groups is 3. The van der Waals surface area contributed by atoms with Gasteiger partial charge in [-0.15, -0.1) is 0 Å². The van der Waals surface area contributed by atoms with E-state index in [2.05, 4.69) is 20.8 Å². The van der Waals surface area contributed by atoms with E-state index in [-0.39, 0.29) is 11.8 Å². The number of aromatic nitrogens is 2. The van der Waals surface area contributed by atoms with E-state index in [1.165, 1.54) is 7.11 Å². The van der Waals surface area contributed by atoms with E-state index in [0.717, 1.165) is 27.7 Å². The van der Waals surface area contributed by atoms with Crippen molar-refractivity contribution in [2.75, 3.05) is 50.3 Å². The Morgan fingerprint density at radius 3 is 2.30 bits per heavy atom. The Bertz CT molecular complexity index is 1660. The van der Waals surface area contributed by atoms with Gasteiger partial charge in [0.05, 0.1) is 48.6 Å². The average molecular weight is 537 g/mol. The third kappa shape index (κ3) is 5.25. The molecule has 0 unspecified atom stereocenters. The molecule has 0 bridgehead atoms. The highest BCUT2D eigenvalue weighted by Crippen LogP contribution is 2.39. The molecule has 0 saturated heterocycles. The summed E-state index contributed by atoms with van der Waals surface area (Å²) in [6.45, 7) is 0.297. The van der Waals surface area contributed by atoms with E-state index in [4.69, 9.17) is 4.74 Å². The standard InChI is InChI=1S/C30H28N6O4/c1-35(2)17-26(37)36(3)23-10-8-22(9-11-23)33-28(18-5-6-20-15-31-32-16-21(20)13-18)27-24-12-7-19(30(39)40-4)14-25(24)34-29(27)38/h5-16,33H,17H2,1-4H3,(H,34,38)/b28-27-. The minimum absolute atomic E-state index is 0.0293. The molecule has 5 rings (SSSR count). The first-order valence-electron chi connectivity index (χ1n) is 12.5. The van der Waals surface area contributed by atoms with Gasteiger partial charge in [-0.25, -0.2) is 4.79 Å². The molecule has 2 amide bonds. The van der Waals surface area contributed by atoms with Gasteiger partial charge in [0.2, 0.25) is 5.91 Å². The lowest BCUT2D eigenvalue weighted by atomic mass is 9.98. The number of rotatable bonds is 7. The largest absolute Gasteiger partial charge is 0.465 e. The molecule has 202 valence electrons. The number of ether oxygens (including phenoxy) is 1. The molecule has 0 saturated carbocycles. The van der Waals surface area contributed by atoms with Crippen LogP contribution in [0.1, 0.15) is 21.5 Å². The highest BCUT2D eigenvalue weighted by molar-refractivity contribution is 6.37. The van der Waals surface area contributed by atoms with Crippen LogP contribution in [0.2, 0.25) is 0 Å². The van der Waals surface area contributed by atoms with Crippen LogP contribution in [0, 0.1) is 0 Å². The zero-order valence-corrected chi connectivity index (χ0v) is 22.6. The van der Waals surface area contributed by atoms with Gasteiger partial charge in [0, 0.05) is 34.8 Å². The Morgan fingerprint density at radius 2 is 1.60 bits per heavy atom. The van der Waals surface area contributed by atoms with Gasteiger partial charge in [0.15, 0.2) is 0 Å². The van der Waals surface area contributed by atoms with Crippen molar-refractivity contribution in [3.63, 3.8) is 0 Å². The number of likely N-dealkylation sites (N-methyl/N-ethyl adjacent to an activating group) is 2. The van der Waals surface area contributed by atoms with Gasteiger partial charge in [-0.1, -0.05) is 18.2 Å². The summed E-state index contributed by atoms with van der Waals surface area (Å²) in [5, 5.41) is 16.0. The molecule has 4 aromatic rings. The highest BCUT2D eigenvalue weighted by atomic mass is 16.5. The van der Waals surface area contributed by atoms with Crippen molar-refractivity contribution in [1.82, 2.24) is 15.1 Å². The second kappa shape index (κ2) is 11.0. The van der Waals surface area contributed by atoms with Gasteiger partial charge in [-0.05, 0) is 62.1 Å². The first-order valence-corrected chi connectivity index (χ1v) is 12.5. The smallest absolute Gasteiger partial charge is 0.337 e. The molecule has 0 radical (unpaired) electrons. The second-order valence-electron chi connectivity index (χ2n) is 9.65. The van der Waals surface area contributed by atoms with E-state index in [1.54, 1.807) is 42.5 Å². The summed E-state index contributed by atoms with van der Waals surface area (Å²) in [5.41, 5.74) is 4.74. The Labute approximate surface area is 231 Å². The summed E-state index contributed by atoms with van der Waals surface area (Å²) in [5.74, 6) is -0.825. The average Bonchev–Trinajstić information content (AvgIpc) is 3.29. The van der Waals surface area contributed by atoms with Gasteiger partial charge in [-0.2, -0.15) is 10.2 Å². The quantitative estimate of drug-likeness (QED) is 0.270. The van der Waals surface area contributed by atoms with Crippen LogP contribution >= 0.6 is 0 Å². The number of hydrogen-bond donors (Lipinski definition) is 2. The van der Waals surface area contributed by atoms with Crippen molar-refractivity contribution in [2.24, 2.45) is 0 Å². The maximum absolute atomic E-state index is 13.4. The lowest BCUT2D eigenvalue weighted by Crippen LogP contribution is -2.34. The number of carbonyl (C=O) groups excluding carboxylic acids is 3. The van der Waals surface area contributed by atoms with E-state index in [0.29, 0.717) is 34.6 Å². The molecule has 10 nitrogen and oxygen atoms in total. The zero-order valence-electron chi connectivity index (χ0n) is 22.6. The van der Waals surface area contributed by atoms with Crippen LogP contribution in [0.5, 0.6) is 0 Å². The number of esters is 1. The summed E-state index contributed by atoms with van der Waals surface area (Å²) < 4.78 is 4.83. The molecule has 1 aromatic heterocycles. The fourth-order valence-electron chi connectivity index (χ4n) is 4.53. The fourth-order valence-corrected chi connectivity index (χ4v) is 4.53. The molecule has 2 N–H and O–H groups in total. The van der Waals surface area contributed by atoms with Crippen LogP contribution in [0.25, 0.3) is 22.0 Å². The molecule has 1 aliphatic heterocycles. The molecule has 0 aliphatic carbocycles. The molecule has 0 spiro atoms. The predicted octanol–water partition coefficient (Wildman–Crippen LogP) is 3.87. The zero-order chi connectivity index (χ0) is 28.4. The monoisotopic (exact) mass is 536 g/mol. The summed E-state index contributed by atoms with van der Waals surface area (Å²) in [6.07, 6.45) is 3.35. The normalized spacial score (nSPS) is 13.6. The number of hydrogen-bond acceptors (Lipinski definition) is 8. The van der Waals surface area contributed by atoms with E-state index < -0.39 is 5.97 Å². The van der Waals surface area contributed by atoms with Crippen molar-refractivity contribution < 1.29 is 19.1 Å². The summed E-state index contributed by atoms with van der Waals surface area (Å²) in [4.78, 5) is 41.4. The van der Waals surface area contributed by atoms with Crippen molar-refractivity contribution in [3.05, 3.63) is 89.7 Å². The third-order valence-electron chi connectivity index (χ3n) is 6.62. The molecule has 1 aliphatic rings. The van der Waals surface area contributed by atoms with Gasteiger partial charge in [-0.3, -0.25) is 9.59 Å². The molecule has 0 fully saturated rings. The summed E-state index contributed by atoms with van der Waals surface area (Å²) in [7, 11) is 6.75. The molecule has 2 heterocycles. The van der Waals surface area contributed by atoms with Crippen LogP contribution in [-0.2, 0) is 14.3 Å². The maximum Gasteiger partial charge on any atom is 0.337 e. The topological polar surface area (TPSA) is 117 Å². The molecular weight excluding hydrogens is 508 g/mol. The number of nitrogens with zero attached hydrogens (tertiary/aromatic N) is 4. The molecular formula is C30H28N6O4. The van der Waals surface area contributed by atoms with E-state index >= 15 is 0 Å². The van der Waals surface area contributed by atoms with Crippen molar-refractivity contribution >= 4 is 56.9 Å². The SMILES string of the molecule is COC(=O)c1ccc2c(c1)NC(=O)/C2=C(\Nc1ccc(N(C)C(=O)CN(C)C)cc1)c1ccc2cnncc2c1. The maximum atomic E-state index is 13.4. The second-order valence-corrected chi connectivity index (χ2v) is 9.65. The Hall–Kier alpha value is -5.09. The molecule has 0 atom stereocenters. The summed E-state index contributed by atoms with van der Waals surface area (Å²) >= 11 is 0. The molecule has 3 aromatic carbocycles. The van der Waals surface area contributed by atoms with Crippen molar-refractivity contribution in [3.8, 4) is 0 Å². The molecule has 10 heteroatoms. The number of nitrogens with one attached hydrogen (secondary N) is 2. The number of fused-ring (bicyclic) bond motifs is 2. The first-order chi connectivity index (χ1) is 19.2. The van der Waals surface area contributed by atoms with Gasteiger partial charge < -0.3 is 25.2 Å². The summed E-state index contributed by atoms with van der Waals surface area (Å²) in [6, 6.07) is 18.2. The number of benzene rings is 3. The predicted molar refractivity (Wildman–Crippen MR) is 155 cm³/mol. The van der Waals surface area contributed by atoms with Crippen LogP contribution in [0.3, 0.4) is 0 Å². The van der Waals surface area contributed by atoms with E-state index in [9.17, 15) is 14.4 Å². The minimum atomic E-state index is -0.488. The van der Waals surface area contributed by atoms with Gasteiger partial charge in [0.1, 0.15) is 0 Å². The lowest BCUT2D eigenvalue weighted by Gasteiger charge is -2.20. The Morgan fingerprint density at radius 1 is 0.900 bits per heavy atom. The molecule has 40 heavy (non-hydrogen) atoms. The number of anilines is 3. The van der Waals surface area contributed by atoms with Gasteiger partial charge in [0.25, 0.3) is 5.91 Å². The van der Waals surface area contributed by atoms with Crippen molar-refractivity contribution in [1.29, 1.82) is 0 Å².